The molecule has 2 aromatic carbocycles. The van der Waals surface area contributed by atoms with E-state index in [4.69, 9.17) is 4.74 Å². The van der Waals surface area contributed by atoms with E-state index in [0.717, 1.165) is 0 Å². The van der Waals surface area contributed by atoms with Crippen molar-refractivity contribution < 1.29 is 13.9 Å². The molecule has 0 saturated heterocycles. The molecule has 0 bridgehead atoms. The van der Waals surface area contributed by atoms with E-state index < -0.39 is 0 Å². The van der Waals surface area contributed by atoms with Gasteiger partial charge in [-0.15, -0.1) is 0 Å². The number of carbonyl (C=O) groups excluding carboxylic acids is 1. The fourth-order valence-electron chi connectivity index (χ4n) is 1.39. The second-order valence-corrected chi connectivity index (χ2v) is 3.47. The topological polar surface area (TPSA) is 26.3 Å². The number of ether oxygens (including phenoxy) is 1. The molecule has 0 heterocycles. The second-order valence-electron chi connectivity index (χ2n) is 3.47. The van der Waals surface area contributed by atoms with E-state index in [1.807, 2.05) is 0 Å². The monoisotopic (exact) mass is 240 g/mol. The highest BCUT2D eigenvalue weighted by Crippen LogP contribution is 2.22. The molecule has 0 aromatic heterocycles. The summed E-state index contributed by atoms with van der Waals surface area (Å²) in [5.74, 6) is 5.81. The lowest BCUT2D eigenvalue weighted by Gasteiger charge is -2.05. The van der Waals surface area contributed by atoms with E-state index in [-0.39, 0.29) is 5.82 Å². The molecule has 0 amide bonds. The van der Waals surface area contributed by atoms with Gasteiger partial charge in [-0.05, 0) is 48.4 Å². The van der Waals surface area contributed by atoms with Crippen LogP contribution in [0.3, 0.4) is 0 Å². The van der Waals surface area contributed by atoms with Crippen LogP contribution in [0.15, 0.2) is 48.5 Å². The Kier molecular flexibility index (Phi) is 3.72. The fraction of sp³-hybridized carbons (Fsp3) is 0. The van der Waals surface area contributed by atoms with Crippen molar-refractivity contribution in [1.29, 1.82) is 0 Å². The van der Waals surface area contributed by atoms with Crippen LogP contribution in [0.25, 0.3) is 0 Å². The molecule has 0 spiro atoms. The van der Waals surface area contributed by atoms with E-state index in [2.05, 4.69) is 11.8 Å². The highest BCUT2D eigenvalue weighted by molar-refractivity contribution is 5.74. The first kappa shape index (κ1) is 11.9. The summed E-state index contributed by atoms with van der Waals surface area (Å²) in [6.45, 7) is 0. The van der Waals surface area contributed by atoms with Crippen LogP contribution in [-0.4, -0.2) is 6.29 Å². The van der Waals surface area contributed by atoms with Crippen molar-refractivity contribution in [3.8, 4) is 23.3 Å². The summed E-state index contributed by atoms with van der Waals surface area (Å²) < 4.78 is 18.3. The van der Waals surface area contributed by atoms with Gasteiger partial charge in [0.25, 0.3) is 0 Å². The first-order chi connectivity index (χ1) is 8.78. The number of hydrogen-bond acceptors (Lipinski definition) is 2. The predicted octanol–water partition coefficient (Wildman–Crippen LogP) is 3.17. The Morgan fingerprint density at radius 2 is 1.83 bits per heavy atom. The van der Waals surface area contributed by atoms with Crippen molar-refractivity contribution >= 4 is 6.29 Å². The Morgan fingerprint density at radius 1 is 1.06 bits per heavy atom. The third-order valence-corrected chi connectivity index (χ3v) is 2.16. The third-order valence-electron chi connectivity index (χ3n) is 2.16. The molecule has 0 atom stereocenters. The van der Waals surface area contributed by atoms with Crippen LogP contribution in [0.4, 0.5) is 4.39 Å². The molecule has 18 heavy (non-hydrogen) atoms. The van der Waals surface area contributed by atoms with Crippen molar-refractivity contribution in [3.05, 3.63) is 59.9 Å². The lowest BCUT2D eigenvalue weighted by molar-refractivity contribution is -0.103. The molecule has 2 aromatic rings. The van der Waals surface area contributed by atoms with Gasteiger partial charge < -0.3 is 4.74 Å². The molecule has 0 unspecified atom stereocenters. The van der Waals surface area contributed by atoms with Crippen LogP contribution >= 0.6 is 0 Å². The van der Waals surface area contributed by atoms with Crippen LogP contribution in [0.1, 0.15) is 5.56 Å². The van der Waals surface area contributed by atoms with Crippen LogP contribution < -0.4 is 4.74 Å². The standard InChI is InChI=1S/C15H9FO2/c16-13-6-8-14(9-7-13)18-15-5-1-3-12(11-15)4-2-10-17/h1,3,5-11H. The quantitative estimate of drug-likeness (QED) is 0.595. The minimum atomic E-state index is -0.312. The highest BCUT2D eigenvalue weighted by Gasteiger charge is 1.98. The SMILES string of the molecule is O=CC#Cc1cccc(Oc2ccc(F)cc2)c1. The summed E-state index contributed by atoms with van der Waals surface area (Å²) >= 11 is 0. The maximum Gasteiger partial charge on any atom is 0.193 e. The van der Waals surface area contributed by atoms with Crippen LogP contribution in [0.5, 0.6) is 11.5 Å². The number of halogens is 1. The van der Waals surface area contributed by atoms with Crippen molar-refractivity contribution in [2.75, 3.05) is 0 Å². The molecular weight excluding hydrogens is 231 g/mol. The Labute approximate surface area is 104 Å². The van der Waals surface area contributed by atoms with E-state index in [0.29, 0.717) is 23.3 Å². The van der Waals surface area contributed by atoms with Crippen molar-refractivity contribution in [1.82, 2.24) is 0 Å². The molecular formula is C15H9FO2. The molecule has 88 valence electrons. The molecule has 0 fully saturated rings. The minimum absolute atomic E-state index is 0.312. The molecule has 3 heteroatoms. The first-order valence-corrected chi connectivity index (χ1v) is 5.26. The highest BCUT2D eigenvalue weighted by atomic mass is 19.1. The maximum atomic E-state index is 12.7. The Hall–Kier alpha value is -2.60. The van der Waals surface area contributed by atoms with E-state index in [1.165, 1.54) is 12.1 Å². The van der Waals surface area contributed by atoms with Gasteiger partial charge in [0.2, 0.25) is 0 Å². The van der Waals surface area contributed by atoms with Gasteiger partial charge in [0.1, 0.15) is 17.3 Å². The number of benzene rings is 2. The summed E-state index contributed by atoms with van der Waals surface area (Å²) in [5, 5.41) is 0. The third kappa shape index (κ3) is 3.19. The summed E-state index contributed by atoms with van der Waals surface area (Å²) in [7, 11) is 0. The average Bonchev–Trinajstić information content (AvgIpc) is 2.40. The normalized spacial score (nSPS) is 9.17. The van der Waals surface area contributed by atoms with Crippen LogP contribution in [-0.2, 0) is 4.79 Å². The largest absolute Gasteiger partial charge is 0.457 e. The van der Waals surface area contributed by atoms with Gasteiger partial charge in [0, 0.05) is 5.56 Å². The molecule has 0 saturated carbocycles. The maximum absolute atomic E-state index is 12.7. The van der Waals surface area contributed by atoms with Crippen molar-refractivity contribution in [2.45, 2.75) is 0 Å². The number of aldehydes is 1. The summed E-state index contributed by atoms with van der Waals surface area (Å²) in [6.07, 6.45) is 0.535. The van der Waals surface area contributed by atoms with Crippen LogP contribution in [0, 0.1) is 17.7 Å². The minimum Gasteiger partial charge on any atom is -0.457 e. The van der Waals surface area contributed by atoms with Crippen molar-refractivity contribution in [3.63, 3.8) is 0 Å². The van der Waals surface area contributed by atoms with Gasteiger partial charge >= 0.3 is 0 Å². The smallest absolute Gasteiger partial charge is 0.193 e. The van der Waals surface area contributed by atoms with Gasteiger partial charge in [-0.3, -0.25) is 4.79 Å². The zero-order valence-corrected chi connectivity index (χ0v) is 9.39. The lowest BCUT2D eigenvalue weighted by atomic mass is 10.2. The first-order valence-electron chi connectivity index (χ1n) is 5.26. The summed E-state index contributed by atoms with van der Waals surface area (Å²) in [6, 6.07) is 12.7. The van der Waals surface area contributed by atoms with E-state index in [1.54, 1.807) is 36.4 Å². The molecule has 0 aliphatic heterocycles. The Morgan fingerprint density at radius 3 is 2.56 bits per heavy atom. The fourth-order valence-corrected chi connectivity index (χ4v) is 1.39. The van der Waals surface area contributed by atoms with Gasteiger partial charge in [0.05, 0.1) is 0 Å². The van der Waals surface area contributed by atoms with E-state index >= 15 is 0 Å². The number of hydrogen-bond donors (Lipinski definition) is 0. The molecule has 0 radical (unpaired) electrons. The number of carbonyl (C=O) groups is 1. The molecule has 2 nitrogen and oxygen atoms in total. The predicted molar refractivity (Wildman–Crippen MR) is 65.9 cm³/mol. The lowest BCUT2D eigenvalue weighted by Crippen LogP contribution is -1.85. The Bertz CT molecular complexity index is 606. The number of rotatable bonds is 2. The summed E-state index contributed by atoms with van der Waals surface area (Å²) in [5.41, 5.74) is 0.682. The van der Waals surface area contributed by atoms with E-state index in [9.17, 15) is 9.18 Å². The molecule has 2 rings (SSSR count). The molecule has 0 N–H and O–H groups in total. The summed E-state index contributed by atoms with van der Waals surface area (Å²) in [4.78, 5) is 10.1. The molecule has 0 aliphatic rings. The van der Waals surface area contributed by atoms with Gasteiger partial charge in [-0.1, -0.05) is 12.0 Å². The van der Waals surface area contributed by atoms with Crippen molar-refractivity contribution in [2.24, 2.45) is 0 Å². The van der Waals surface area contributed by atoms with Gasteiger partial charge in [0.15, 0.2) is 6.29 Å². The zero-order chi connectivity index (χ0) is 12.8. The molecule has 0 aliphatic carbocycles. The zero-order valence-electron chi connectivity index (χ0n) is 9.39. The Balaban J connectivity index is 2.18. The average molecular weight is 240 g/mol. The van der Waals surface area contributed by atoms with Gasteiger partial charge in [-0.25, -0.2) is 4.39 Å². The second kappa shape index (κ2) is 5.65. The van der Waals surface area contributed by atoms with Crippen LogP contribution in [0.2, 0.25) is 0 Å². The van der Waals surface area contributed by atoms with Gasteiger partial charge in [-0.2, -0.15) is 0 Å².